The minimum absolute atomic E-state index is 0.186. The van der Waals surface area contributed by atoms with Crippen molar-refractivity contribution in [2.45, 2.75) is 32.2 Å². The Morgan fingerprint density at radius 3 is 2.93 bits per heavy atom. The highest BCUT2D eigenvalue weighted by atomic mass is 16.3. The first-order chi connectivity index (χ1) is 7.35. The molecule has 1 aromatic heterocycles. The zero-order valence-corrected chi connectivity index (χ0v) is 8.76. The van der Waals surface area contributed by atoms with Crippen LogP contribution in [0.5, 0.6) is 0 Å². The minimum atomic E-state index is 0.186. The Morgan fingerprint density at radius 2 is 2.20 bits per heavy atom. The number of rotatable bonds is 4. The van der Waals surface area contributed by atoms with E-state index in [2.05, 4.69) is 14.8 Å². The van der Waals surface area contributed by atoms with Gasteiger partial charge in [-0.15, -0.1) is 10.2 Å². The van der Waals surface area contributed by atoms with E-state index in [1.807, 2.05) is 0 Å². The highest BCUT2D eigenvalue weighted by Crippen LogP contribution is 2.19. The van der Waals surface area contributed by atoms with Crippen LogP contribution in [0.4, 0.5) is 0 Å². The SMILES string of the molecule is OCCCc1nnc2n1CC(CO)CC2. The standard InChI is InChI=1S/C10H17N3O2/c14-5-1-2-9-11-12-10-4-3-8(7-15)6-13(9)10/h8,14-15H,1-7H2. The molecular formula is C10H17N3O2. The first-order valence-corrected chi connectivity index (χ1v) is 5.47. The van der Waals surface area contributed by atoms with Crippen molar-refractivity contribution in [1.29, 1.82) is 0 Å². The summed E-state index contributed by atoms with van der Waals surface area (Å²) >= 11 is 0. The molecule has 84 valence electrons. The average molecular weight is 211 g/mol. The Balaban J connectivity index is 2.10. The fourth-order valence-electron chi connectivity index (χ4n) is 2.02. The molecule has 2 N–H and O–H groups in total. The summed E-state index contributed by atoms with van der Waals surface area (Å²) in [4.78, 5) is 0. The second-order valence-corrected chi connectivity index (χ2v) is 4.06. The summed E-state index contributed by atoms with van der Waals surface area (Å²) in [5.74, 6) is 2.30. The zero-order valence-electron chi connectivity index (χ0n) is 8.76. The van der Waals surface area contributed by atoms with Gasteiger partial charge in [0.15, 0.2) is 0 Å². The maximum atomic E-state index is 9.13. The van der Waals surface area contributed by atoms with E-state index in [9.17, 15) is 0 Å². The Labute approximate surface area is 88.8 Å². The minimum Gasteiger partial charge on any atom is -0.396 e. The van der Waals surface area contributed by atoms with Crippen LogP contribution in [-0.2, 0) is 19.4 Å². The summed E-state index contributed by atoms with van der Waals surface area (Å²) in [7, 11) is 0. The summed E-state index contributed by atoms with van der Waals surface area (Å²) < 4.78 is 2.10. The van der Waals surface area contributed by atoms with Crippen molar-refractivity contribution in [3.05, 3.63) is 11.6 Å². The fraction of sp³-hybridized carbons (Fsp3) is 0.800. The van der Waals surface area contributed by atoms with E-state index < -0.39 is 0 Å². The van der Waals surface area contributed by atoms with Gasteiger partial charge in [-0.25, -0.2) is 0 Å². The summed E-state index contributed by atoms with van der Waals surface area (Å²) in [5, 5.41) is 26.1. The van der Waals surface area contributed by atoms with Crippen molar-refractivity contribution in [3.8, 4) is 0 Å². The molecule has 0 fully saturated rings. The molecular weight excluding hydrogens is 194 g/mol. The first kappa shape index (κ1) is 10.6. The maximum Gasteiger partial charge on any atom is 0.133 e. The molecule has 15 heavy (non-hydrogen) atoms. The van der Waals surface area contributed by atoms with Crippen LogP contribution in [0.2, 0.25) is 0 Å². The van der Waals surface area contributed by atoms with Gasteiger partial charge in [-0.1, -0.05) is 0 Å². The van der Waals surface area contributed by atoms with Crippen LogP contribution in [0.3, 0.4) is 0 Å². The Kier molecular flexibility index (Phi) is 3.33. The lowest BCUT2D eigenvalue weighted by Crippen LogP contribution is -2.24. The molecule has 1 aliphatic rings. The van der Waals surface area contributed by atoms with Crippen molar-refractivity contribution in [2.75, 3.05) is 13.2 Å². The molecule has 0 saturated carbocycles. The van der Waals surface area contributed by atoms with Crippen molar-refractivity contribution in [2.24, 2.45) is 5.92 Å². The molecule has 0 aromatic carbocycles. The number of aryl methyl sites for hydroxylation is 2. The Morgan fingerprint density at radius 1 is 1.33 bits per heavy atom. The van der Waals surface area contributed by atoms with Gasteiger partial charge in [-0.05, 0) is 12.8 Å². The first-order valence-electron chi connectivity index (χ1n) is 5.47. The van der Waals surface area contributed by atoms with E-state index in [0.29, 0.717) is 5.92 Å². The quantitative estimate of drug-likeness (QED) is 0.721. The third kappa shape index (κ3) is 2.18. The predicted octanol–water partition coefficient (Wildman–Crippen LogP) is -0.242. The molecule has 0 amide bonds. The molecule has 0 bridgehead atoms. The molecule has 1 unspecified atom stereocenters. The lowest BCUT2D eigenvalue weighted by atomic mass is 10.0. The van der Waals surface area contributed by atoms with Gasteiger partial charge in [0.1, 0.15) is 11.6 Å². The molecule has 2 rings (SSSR count). The van der Waals surface area contributed by atoms with E-state index in [-0.39, 0.29) is 13.2 Å². The third-order valence-electron chi connectivity index (χ3n) is 2.94. The summed E-state index contributed by atoms with van der Waals surface area (Å²) in [5.41, 5.74) is 0. The number of aromatic nitrogens is 3. The van der Waals surface area contributed by atoms with Gasteiger partial charge in [0, 0.05) is 38.5 Å². The molecule has 0 aliphatic carbocycles. The predicted molar refractivity (Wildman–Crippen MR) is 54.3 cm³/mol. The number of fused-ring (bicyclic) bond motifs is 1. The van der Waals surface area contributed by atoms with E-state index in [1.54, 1.807) is 0 Å². The second kappa shape index (κ2) is 4.72. The van der Waals surface area contributed by atoms with Crippen LogP contribution in [-0.4, -0.2) is 38.2 Å². The maximum absolute atomic E-state index is 9.13. The normalized spacial score (nSPS) is 20.3. The molecule has 0 spiro atoms. The molecule has 1 aliphatic heterocycles. The van der Waals surface area contributed by atoms with Gasteiger partial charge in [-0.3, -0.25) is 0 Å². The van der Waals surface area contributed by atoms with Crippen molar-refractivity contribution in [1.82, 2.24) is 14.8 Å². The number of aliphatic hydroxyl groups excluding tert-OH is 2. The van der Waals surface area contributed by atoms with Crippen LogP contribution in [0.25, 0.3) is 0 Å². The van der Waals surface area contributed by atoms with Crippen LogP contribution in [0.15, 0.2) is 0 Å². The van der Waals surface area contributed by atoms with Gasteiger partial charge in [0.2, 0.25) is 0 Å². The number of hydrogen-bond acceptors (Lipinski definition) is 4. The molecule has 5 heteroatoms. The van der Waals surface area contributed by atoms with E-state index >= 15 is 0 Å². The van der Waals surface area contributed by atoms with Gasteiger partial charge < -0.3 is 14.8 Å². The average Bonchev–Trinajstić information content (AvgIpc) is 2.68. The molecule has 0 saturated heterocycles. The molecule has 2 heterocycles. The monoisotopic (exact) mass is 211 g/mol. The molecule has 1 atom stereocenters. The second-order valence-electron chi connectivity index (χ2n) is 4.06. The highest BCUT2D eigenvalue weighted by molar-refractivity contribution is 5.00. The van der Waals surface area contributed by atoms with Crippen molar-refractivity contribution >= 4 is 0 Å². The van der Waals surface area contributed by atoms with Crippen LogP contribution < -0.4 is 0 Å². The van der Waals surface area contributed by atoms with Crippen molar-refractivity contribution in [3.63, 3.8) is 0 Å². The fourth-order valence-corrected chi connectivity index (χ4v) is 2.02. The largest absolute Gasteiger partial charge is 0.396 e. The van der Waals surface area contributed by atoms with Crippen LogP contribution in [0.1, 0.15) is 24.5 Å². The Bertz CT molecular complexity index is 324. The van der Waals surface area contributed by atoms with Gasteiger partial charge in [-0.2, -0.15) is 0 Å². The molecule has 1 aromatic rings. The van der Waals surface area contributed by atoms with Gasteiger partial charge in [0.05, 0.1) is 0 Å². The van der Waals surface area contributed by atoms with Gasteiger partial charge in [0.25, 0.3) is 0 Å². The van der Waals surface area contributed by atoms with E-state index in [1.165, 1.54) is 0 Å². The highest BCUT2D eigenvalue weighted by Gasteiger charge is 2.21. The summed E-state index contributed by atoms with van der Waals surface area (Å²) in [6, 6.07) is 0. The third-order valence-corrected chi connectivity index (χ3v) is 2.94. The zero-order chi connectivity index (χ0) is 10.7. The summed E-state index contributed by atoms with van der Waals surface area (Å²) in [6.45, 7) is 1.24. The smallest absolute Gasteiger partial charge is 0.133 e. The number of aliphatic hydroxyl groups is 2. The van der Waals surface area contributed by atoms with Crippen LogP contribution in [0, 0.1) is 5.92 Å². The van der Waals surface area contributed by atoms with Crippen molar-refractivity contribution < 1.29 is 10.2 Å². The van der Waals surface area contributed by atoms with E-state index in [0.717, 1.165) is 43.9 Å². The lowest BCUT2D eigenvalue weighted by Gasteiger charge is -2.22. The lowest BCUT2D eigenvalue weighted by molar-refractivity contribution is 0.189. The molecule has 0 radical (unpaired) electrons. The van der Waals surface area contributed by atoms with E-state index in [4.69, 9.17) is 10.2 Å². The number of nitrogens with zero attached hydrogens (tertiary/aromatic N) is 3. The van der Waals surface area contributed by atoms with Gasteiger partial charge >= 0.3 is 0 Å². The Hall–Kier alpha value is -0.940. The topological polar surface area (TPSA) is 71.2 Å². The number of hydrogen-bond donors (Lipinski definition) is 2. The van der Waals surface area contributed by atoms with Crippen LogP contribution >= 0.6 is 0 Å². The summed E-state index contributed by atoms with van der Waals surface area (Å²) in [6.07, 6.45) is 3.38. The molecule has 5 nitrogen and oxygen atoms in total.